The van der Waals surface area contributed by atoms with E-state index < -0.39 is 12.0 Å². The van der Waals surface area contributed by atoms with Crippen LogP contribution in [0.3, 0.4) is 0 Å². The summed E-state index contributed by atoms with van der Waals surface area (Å²) >= 11 is 3.89. The van der Waals surface area contributed by atoms with Crippen LogP contribution in [-0.2, 0) is 14.4 Å². The maximum absolute atomic E-state index is 11.1. The fourth-order valence-corrected chi connectivity index (χ4v) is 1.21. The van der Waals surface area contributed by atoms with Crippen LogP contribution in [0.1, 0.15) is 25.7 Å². The highest BCUT2D eigenvalue weighted by atomic mass is 32.1. The van der Waals surface area contributed by atoms with Crippen molar-refractivity contribution in [2.24, 2.45) is 5.73 Å². The second kappa shape index (κ2) is 10.8. The third kappa shape index (κ3) is 10.5. The number of carbonyl (C=O) groups excluding carboxylic acids is 1. The molecule has 1 unspecified atom stereocenters. The number of esters is 1. The number of ether oxygens (including phenoxy) is 1. The molecular formula is C9H20N2O5S. The van der Waals surface area contributed by atoms with Gasteiger partial charge in [-0.05, 0) is 19.3 Å². The van der Waals surface area contributed by atoms with Crippen molar-refractivity contribution in [1.29, 1.82) is 0 Å². The van der Waals surface area contributed by atoms with Crippen molar-refractivity contribution < 1.29 is 24.8 Å². The molecule has 0 heterocycles. The van der Waals surface area contributed by atoms with Crippen molar-refractivity contribution in [3.8, 4) is 0 Å². The summed E-state index contributed by atoms with van der Waals surface area (Å²) in [5.74, 6) is -0.158. The molecule has 17 heavy (non-hydrogen) atoms. The second-order valence-corrected chi connectivity index (χ2v) is 3.82. The lowest BCUT2D eigenvalue weighted by Gasteiger charge is -2.09. The van der Waals surface area contributed by atoms with E-state index >= 15 is 0 Å². The summed E-state index contributed by atoms with van der Waals surface area (Å²) in [6.07, 6.45) is 3.16. The van der Waals surface area contributed by atoms with Crippen LogP contribution >= 0.6 is 12.6 Å². The number of carbonyl (C=O) groups is 1. The van der Waals surface area contributed by atoms with Gasteiger partial charge in [0.15, 0.2) is 0 Å². The van der Waals surface area contributed by atoms with E-state index in [0.29, 0.717) is 13.0 Å². The third-order valence-electron chi connectivity index (χ3n) is 1.99. The van der Waals surface area contributed by atoms with Gasteiger partial charge in [0.2, 0.25) is 0 Å². The Hall–Kier alpha value is -0.380. The van der Waals surface area contributed by atoms with Crippen LogP contribution < -0.4 is 5.73 Å². The minimum absolute atomic E-state index is 0.233. The van der Waals surface area contributed by atoms with E-state index in [-0.39, 0.29) is 17.7 Å². The van der Waals surface area contributed by atoms with Gasteiger partial charge < -0.3 is 10.5 Å². The normalized spacial score (nSPS) is 12.8. The first-order valence-electron chi connectivity index (χ1n) is 5.41. The highest BCUT2D eigenvalue weighted by Crippen LogP contribution is 2.01. The monoisotopic (exact) mass is 268 g/mol. The van der Waals surface area contributed by atoms with Crippen LogP contribution in [0.25, 0.3) is 0 Å². The van der Waals surface area contributed by atoms with Crippen molar-refractivity contribution in [2.45, 2.75) is 31.7 Å². The number of nitrogens with zero attached hydrogens (tertiary/aromatic N) is 1. The Morgan fingerprint density at radius 1 is 1.24 bits per heavy atom. The zero-order valence-corrected chi connectivity index (χ0v) is 10.5. The molecule has 0 saturated heterocycles. The Labute approximate surface area is 106 Å². The van der Waals surface area contributed by atoms with Gasteiger partial charge in [0, 0.05) is 5.75 Å². The van der Waals surface area contributed by atoms with Crippen molar-refractivity contribution in [3.05, 3.63) is 0 Å². The summed E-state index contributed by atoms with van der Waals surface area (Å²) in [6.45, 7) is 0.574. The quantitative estimate of drug-likeness (QED) is 0.196. The molecule has 0 aromatic rings. The van der Waals surface area contributed by atoms with Gasteiger partial charge in [-0.1, -0.05) is 6.42 Å². The molecule has 102 valence electrons. The first-order chi connectivity index (χ1) is 8.07. The maximum Gasteiger partial charge on any atom is 0.323 e. The SMILES string of the molecule is NC(CS)C(=O)OCCCCCCON(O)O. The smallest absolute Gasteiger partial charge is 0.323 e. The largest absolute Gasteiger partial charge is 0.465 e. The number of unbranched alkanes of at least 4 members (excludes halogenated alkanes) is 3. The molecule has 0 aliphatic rings. The van der Waals surface area contributed by atoms with Crippen molar-refractivity contribution in [1.82, 2.24) is 5.39 Å². The molecule has 0 saturated carbocycles. The molecule has 0 bridgehead atoms. The molecule has 1 atom stereocenters. The van der Waals surface area contributed by atoms with E-state index in [2.05, 4.69) is 17.5 Å². The lowest BCUT2D eigenvalue weighted by Crippen LogP contribution is -2.34. The fraction of sp³-hybridized carbons (Fsp3) is 0.889. The topological polar surface area (TPSA) is 105 Å². The van der Waals surface area contributed by atoms with Crippen molar-refractivity contribution in [2.75, 3.05) is 19.0 Å². The Morgan fingerprint density at radius 3 is 2.35 bits per heavy atom. The second-order valence-electron chi connectivity index (χ2n) is 3.46. The van der Waals surface area contributed by atoms with Crippen LogP contribution in [-0.4, -0.2) is 46.8 Å². The van der Waals surface area contributed by atoms with E-state index in [1.807, 2.05) is 0 Å². The van der Waals surface area contributed by atoms with Gasteiger partial charge in [0.1, 0.15) is 6.04 Å². The Kier molecular flexibility index (Phi) is 10.5. The molecule has 4 N–H and O–H groups in total. The molecule has 0 amide bonds. The fourth-order valence-electron chi connectivity index (χ4n) is 1.06. The van der Waals surface area contributed by atoms with E-state index in [4.69, 9.17) is 20.9 Å². The molecule has 0 rings (SSSR count). The van der Waals surface area contributed by atoms with Crippen LogP contribution in [0.2, 0.25) is 0 Å². The molecule has 8 heteroatoms. The zero-order valence-electron chi connectivity index (χ0n) is 9.62. The van der Waals surface area contributed by atoms with E-state index in [1.54, 1.807) is 0 Å². The molecule has 0 spiro atoms. The van der Waals surface area contributed by atoms with Gasteiger partial charge >= 0.3 is 5.97 Å². The summed E-state index contributed by atoms with van der Waals surface area (Å²) < 4.78 is 4.91. The molecule has 0 aromatic heterocycles. The maximum atomic E-state index is 11.1. The van der Waals surface area contributed by atoms with Gasteiger partial charge in [-0.25, -0.2) is 0 Å². The van der Waals surface area contributed by atoms with Crippen molar-refractivity contribution >= 4 is 18.6 Å². The lowest BCUT2D eigenvalue weighted by molar-refractivity contribution is -0.492. The van der Waals surface area contributed by atoms with Gasteiger partial charge in [-0.15, -0.1) is 0 Å². The van der Waals surface area contributed by atoms with Crippen LogP contribution in [0.15, 0.2) is 0 Å². The van der Waals surface area contributed by atoms with E-state index in [1.165, 1.54) is 0 Å². The summed E-state index contributed by atoms with van der Waals surface area (Å²) in [5, 5.41) is 16.1. The predicted molar refractivity (Wildman–Crippen MR) is 62.6 cm³/mol. The Balaban J connectivity index is 3.21. The minimum atomic E-state index is -0.660. The van der Waals surface area contributed by atoms with E-state index in [9.17, 15) is 4.79 Å². The van der Waals surface area contributed by atoms with Gasteiger partial charge in [-0.2, -0.15) is 12.6 Å². The minimum Gasteiger partial charge on any atom is -0.465 e. The van der Waals surface area contributed by atoms with Crippen molar-refractivity contribution in [3.63, 3.8) is 0 Å². The number of nitrogens with two attached hydrogens (primary N) is 1. The summed E-state index contributed by atoms with van der Waals surface area (Å²) in [5.41, 5.74) is 5.41. The Morgan fingerprint density at radius 2 is 1.82 bits per heavy atom. The van der Waals surface area contributed by atoms with Crippen LogP contribution in [0.5, 0.6) is 0 Å². The summed E-state index contributed by atoms with van der Waals surface area (Å²) in [7, 11) is 0. The molecule has 0 fully saturated rings. The van der Waals surface area contributed by atoms with Crippen LogP contribution in [0, 0.1) is 0 Å². The molecule has 0 aliphatic heterocycles. The molecule has 0 aromatic carbocycles. The van der Waals surface area contributed by atoms with Crippen LogP contribution in [0.4, 0.5) is 0 Å². The molecule has 0 aliphatic carbocycles. The summed E-state index contributed by atoms with van der Waals surface area (Å²) in [4.78, 5) is 15.5. The third-order valence-corrected chi connectivity index (χ3v) is 2.38. The van der Waals surface area contributed by atoms with Gasteiger partial charge in [-0.3, -0.25) is 20.0 Å². The number of thiol groups is 1. The number of rotatable bonds is 10. The average molecular weight is 268 g/mol. The van der Waals surface area contributed by atoms with Gasteiger partial charge in [0.25, 0.3) is 0 Å². The first kappa shape index (κ1) is 16.6. The van der Waals surface area contributed by atoms with E-state index in [0.717, 1.165) is 19.3 Å². The standard InChI is InChI=1S/C9H20N2O5S/c10-8(7-17)9(12)15-5-3-1-2-4-6-16-11(13)14/h8,13-14,17H,1-7,10H2. The summed E-state index contributed by atoms with van der Waals surface area (Å²) in [6, 6.07) is -0.660. The molecule has 0 radical (unpaired) electrons. The van der Waals surface area contributed by atoms with Gasteiger partial charge in [0.05, 0.1) is 18.6 Å². The lowest BCUT2D eigenvalue weighted by atomic mass is 10.2. The Bertz CT molecular complexity index is 206. The zero-order chi connectivity index (χ0) is 13.1. The highest BCUT2D eigenvalue weighted by Gasteiger charge is 2.11. The first-order valence-corrected chi connectivity index (χ1v) is 6.05. The molecule has 7 nitrogen and oxygen atoms in total. The number of hydrogen-bond donors (Lipinski definition) is 4. The molecular weight excluding hydrogens is 248 g/mol. The highest BCUT2D eigenvalue weighted by molar-refractivity contribution is 7.80. The predicted octanol–water partition coefficient (Wildman–Crippen LogP) is 0.359. The average Bonchev–Trinajstić information content (AvgIpc) is 2.30. The number of hydrogen-bond acceptors (Lipinski definition) is 8.